The van der Waals surface area contributed by atoms with Gasteiger partial charge in [0.1, 0.15) is 0 Å². The van der Waals surface area contributed by atoms with Gasteiger partial charge in [0.2, 0.25) is 0 Å². The van der Waals surface area contributed by atoms with Crippen LogP contribution in [0.2, 0.25) is 0 Å². The van der Waals surface area contributed by atoms with Crippen molar-refractivity contribution < 1.29 is 18.9 Å². The zero-order valence-electron chi connectivity index (χ0n) is 23.0. The summed E-state index contributed by atoms with van der Waals surface area (Å²) in [5.41, 5.74) is 8.50. The van der Waals surface area contributed by atoms with Crippen molar-refractivity contribution >= 4 is 16.8 Å². The smallest absolute Gasteiger partial charge is 0.169 e. The molecule has 5 aromatic rings. The Balaban J connectivity index is 1.74. The normalized spacial score (nSPS) is 10.8. The largest absolute Gasteiger partial charge is 0.493 e. The molecule has 196 valence electrons. The Kier molecular flexibility index (Phi) is 7.29. The van der Waals surface area contributed by atoms with Crippen molar-refractivity contribution in [3.63, 3.8) is 0 Å². The molecule has 0 saturated carbocycles. The van der Waals surface area contributed by atoms with Crippen LogP contribution < -0.4 is 18.9 Å². The van der Waals surface area contributed by atoms with Crippen LogP contribution in [0.3, 0.4) is 0 Å². The fourth-order valence-corrected chi connectivity index (χ4v) is 5.36. The number of ether oxygens (including phenoxy) is 4. The maximum absolute atomic E-state index is 5.92. The standard InChI is InChI=1S/C35H32O4/c1-7-26-28(19-20-31(36-3)34(26)38-5)27-17-18-29-30(22(27)2)21-32(37-4)35(39-6)33(29)25-15-13-24(14-16-25)23-11-9-8-10-12-23/h7-21H,1H2,2-6H3. The van der Waals surface area contributed by atoms with Crippen molar-refractivity contribution in [2.24, 2.45) is 0 Å². The van der Waals surface area contributed by atoms with Gasteiger partial charge < -0.3 is 18.9 Å². The fourth-order valence-electron chi connectivity index (χ4n) is 5.36. The average molecular weight is 517 g/mol. The van der Waals surface area contributed by atoms with E-state index >= 15 is 0 Å². The van der Waals surface area contributed by atoms with Crippen molar-refractivity contribution in [1.82, 2.24) is 0 Å². The third-order valence-electron chi connectivity index (χ3n) is 7.29. The first-order valence-corrected chi connectivity index (χ1v) is 12.8. The van der Waals surface area contributed by atoms with Gasteiger partial charge in [0.25, 0.3) is 0 Å². The molecule has 0 aromatic heterocycles. The number of hydrogen-bond acceptors (Lipinski definition) is 4. The maximum atomic E-state index is 5.92. The van der Waals surface area contributed by atoms with Gasteiger partial charge in [-0.3, -0.25) is 0 Å². The summed E-state index contributed by atoms with van der Waals surface area (Å²) >= 11 is 0. The van der Waals surface area contributed by atoms with Crippen LogP contribution in [-0.4, -0.2) is 28.4 Å². The van der Waals surface area contributed by atoms with E-state index in [9.17, 15) is 0 Å². The van der Waals surface area contributed by atoms with Crippen LogP contribution in [0, 0.1) is 6.92 Å². The van der Waals surface area contributed by atoms with Gasteiger partial charge >= 0.3 is 0 Å². The van der Waals surface area contributed by atoms with Gasteiger partial charge in [-0.05, 0) is 69.3 Å². The molecule has 0 saturated heterocycles. The highest BCUT2D eigenvalue weighted by atomic mass is 16.5. The molecule has 5 rings (SSSR count). The SMILES string of the molecule is C=Cc1c(-c2ccc3c(-c4ccc(-c5ccccc5)cc4)c(OC)c(OC)cc3c2C)ccc(OC)c1OC. The van der Waals surface area contributed by atoms with E-state index in [2.05, 4.69) is 86.3 Å². The average Bonchev–Trinajstić information content (AvgIpc) is 3.00. The van der Waals surface area contributed by atoms with Crippen molar-refractivity contribution in [3.05, 3.63) is 103 Å². The zero-order valence-corrected chi connectivity index (χ0v) is 23.0. The molecule has 39 heavy (non-hydrogen) atoms. The van der Waals surface area contributed by atoms with Gasteiger partial charge in [-0.25, -0.2) is 0 Å². The highest BCUT2D eigenvalue weighted by molar-refractivity contribution is 6.05. The molecule has 0 aliphatic rings. The molecule has 0 fully saturated rings. The molecule has 0 aliphatic carbocycles. The molecule has 0 spiro atoms. The van der Waals surface area contributed by atoms with Gasteiger partial charge in [-0.1, -0.05) is 79.4 Å². The van der Waals surface area contributed by atoms with Crippen LogP contribution in [-0.2, 0) is 0 Å². The number of rotatable bonds is 8. The van der Waals surface area contributed by atoms with Crippen LogP contribution in [0.1, 0.15) is 11.1 Å². The Morgan fingerprint density at radius 3 is 1.79 bits per heavy atom. The van der Waals surface area contributed by atoms with E-state index in [0.29, 0.717) is 23.0 Å². The molecule has 4 heteroatoms. The molecule has 0 amide bonds. The number of benzene rings is 5. The predicted molar refractivity (Wildman–Crippen MR) is 161 cm³/mol. The van der Waals surface area contributed by atoms with Crippen LogP contribution >= 0.6 is 0 Å². The number of fused-ring (bicyclic) bond motifs is 1. The molecule has 0 aliphatic heterocycles. The third-order valence-corrected chi connectivity index (χ3v) is 7.29. The molecule has 0 unspecified atom stereocenters. The Morgan fingerprint density at radius 1 is 0.564 bits per heavy atom. The van der Waals surface area contributed by atoms with E-state index in [4.69, 9.17) is 18.9 Å². The predicted octanol–water partition coefficient (Wildman–Crippen LogP) is 8.83. The highest BCUT2D eigenvalue weighted by Gasteiger charge is 2.21. The number of aryl methyl sites for hydroxylation is 1. The second-order valence-corrected chi connectivity index (χ2v) is 9.23. The fraction of sp³-hybridized carbons (Fsp3) is 0.143. The van der Waals surface area contributed by atoms with Crippen LogP contribution in [0.25, 0.3) is 50.2 Å². The van der Waals surface area contributed by atoms with Crippen LogP contribution in [0.5, 0.6) is 23.0 Å². The van der Waals surface area contributed by atoms with Gasteiger partial charge in [0, 0.05) is 11.1 Å². The minimum Gasteiger partial charge on any atom is -0.493 e. The Bertz CT molecular complexity index is 1650. The van der Waals surface area contributed by atoms with Gasteiger partial charge in [-0.15, -0.1) is 0 Å². The maximum Gasteiger partial charge on any atom is 0.169 e. The van der Waals surface area contributed by atoms with Crippen LogP contribution in [0.4, 0.5) is 0 Å². The second kappa shape index (κ2) is 11.0. The lowest BCUT2D eigenvalue weighted by atomic mass is 9.88. The van der Waals surface area contributed by atoms with Crippen molar-refractivity contribution in [1.29, 1.82) is 0 Å². The molecule has 0 N–H and O–H groups in total. The molecule has 0 heterocycles. The molecular weight excluding hydrogens is 484 g/mol. The summed E-state index contributed by atoms with van der Waals surface area (Å²) in [4.78, 5) is 0. The highest BCUT2D eigenvalue weighted by Crippen LogP contribution is 2.47. The van der Waals surface area contributed by atoms with E-state index in [1.54, 1.807) is 28.4 Å². The topological polar surface area (TPSA) is 36.9 Å². The van der Waals surface area contributed by atoms with Gasteiger partial charge in [0.15, 0.2) is 23.0 Å². The molecule has 4 nitrogen and oxygen atoms in total. The minimum atomic E-state index is 0.663. The molecule has 5 aromatic carbocycles. The summed E-state index contributed by atoms with van der Waals surface area (Å²) in [5, 5.41) is 2.17. The van der Waals surface area contributed by atoms with E-state index in [-0.39, 0.29) is 0 Å². The van der Waals surface area contributed by atoms with Gasteiger partial charge in [0.05, 0.1) is 28.4 Å². The van der Waals surface area contributed by atoms with Crippen LogP contribution in [0.15, 0.2) is 91.5 Å². The lowest BCUT2D eigenvalue weighted by molar-refractivity contribution is 0.354. The minimum absolute atomic E-state index is 0.663. The zero-order chi connectivity index (χ0) is 27.5. The lowest BCUT2D eigenvalue weighted by Gasteiger charge is -2.20. The summed E-state index contributed by atoms with van der Waals surface area (Å²) in [6.45, 7) is 6.19. The summed E-state index contributed by atoms with van der Waals surface area (Å²) in [5.74, 6) is 2.73. The number of hydrogen-bond donors (Lipinski definition) is 0. The first-order chi connectivity index (χ1) is 19.1. The van der Waals surface area contributed by atoms with Crippen molar-refractivity contribution in [3.8, 4) is 56.4 Å². The van der Waals surface area contributed by atoms with E-state index < -0.39 is 0 Å². The Hall–Kier alpha value is -4.70. The number of methoxy groups -OCH3 is 4. The molecule has 0 atom stereocenters. The van der Waals surface area contributed by atoms with E-state index in [0.717, 1.165) is 49.7 Å². The third kappa shape index (κ3) is 4.48. The summed E-state index contributed by atoms with van der Waals surface area (Å²) in [6.07, 6.45) is 1.81. The summed E-state index contributed by atoms with van der Waals surface area (Å²) < 4.78 is 23.0. The molecular formula is C35H32O4. The lowest BCUT2D eigenvalue weighted by Crippen LogP contribution is -1.98. The first-order valence-electron chi connectivity index (χ1n) is 12.8. The summed E-state index contributed by atoms with van der Waals surface area (Å²) in [6, 6.07) is 29.3. The summed E-state index contributed by atoms with van der Waals surface area (Å²) in [7, 11) is 6.65. The molecule has 0 radical (unpaired) electrons. The van der Waals surface area contributed by atoms with Crippen molar-refractivity contribution in [2.45, 2.75) is 6.92 Å². The van der Waals surface area contributed by atoms with E-state index in [1.165, 1.54) is 5.56 Å². The monoisotopic (exact) mass is 516 g/mol. The molecule has 0 bridgehead atoms. The Morgan fingerprint density at radius 2 is 1.18 bits per heavy atom. The second-order valence-electron chi connectivity index (χ2n) is 9.23. The van der Waals surface area contributed by atoms with E-state index in [1.807, 2.05) is 18.2 Å². The Labute approximate surface area is 230 Å². The quantitative estimate of drug-likeness (QED) is 0.206. The van der Waals surface area contributed by atoms with Crippen molar-refractivity contribution in [2.75, 3.05) is 28.4 Å². The first kappa shape index (κ1) is 25.9. The van der Waals surface area contributed by atoms with Gasteiger partial charge in [-0.2, -0.15) is 0 Å².